The number of nitro groups is 1. The Morgan fingerprint density at radius 3 is 2.15 bits per heavy atom. The molecule has 0 saturated carbocycles. The molecule has 3 aromatic rings. The van der Waals surface area contributed by atoms with E-state index in [-0.39, 0.29) is 10.6 Å². The highest BCUT2D eigenvalue weighted by atomic mass is 32.2. The van der Waals surface area contributed by atoms with Crippen molar-refractivity contribution in [2.24, 2.45) is 0 Å². The van der Waals surface area contributed by atoms with Gasteiger partial charge < -0.3 is 4.18 Å². The standard InChI is InChI=1S/C19H15NO5S/c1-14-7-10-17(11-8-14)26(23,24)25-19-12-9-16(13-18(19)20(21)22)15-5-3-2-4-6-15/h2-13H,1H3. The fourth-order valence-corrected chi connectivity index (χ4v) is 3.35. The van der Waals surface area contributed by atoms with E-state index in [9.17, 15) is 18.5 Å². The molecule has 0 aliphatic heterocycles. The summed E-state index contributed by atoms with van der Waals surface area (Å²) in [6.07, 6.45) is 0. The van der Waals surface area contributed by atoms with Crippen molar-refractivity contribution in [1.82, 2.24) is 0 Å². The molecule has 0 amide bonds. The van der Waals surface area contributed by atoms with E-state index in [2.05, 4.69) is 0 Å². The van der Waals surface area contributed by atoms with E-state index >= 15 is 0 Å². The molecule has 0 radical (unpaired) electrons. The summed E-state index contributed by atoms with van der Waals surface area (Å²) in [5, 5.41) is 11.4. The van der Waals surface area contributed by atoms with Crippen molar-refractivity contribution >= 4 is 15.8 Å². The summed E-state index contributed by atoms with van der Waals surface area (Å²) in [4.78, 5) is 10.7. The topological polar surface area (TPSA) is 86.5 Å². The molecule has 26 heavy (non-hydrogen) atoms. The van der Waals surface area contributed by atoms with Crippen molar-refractivity contribution in [3.8, 4) is 16.9 Å². The number of rotatable bonds is 5. The highest BCUT2D eigenvalue weighted by molar-refractivity contribution is 7.87. The van der Waals surface area contributed by atoms with Crippen LogP contribution in [0.3, 0.4) is 0 Å². The van der Waals surface area contributed by atoms with Crippen molar-refractivity contribution < 1.29 is 17.5 Å². The van der Waals surface area contributed by atoms with Crippen LogP contribution in [0.1, 0.15) is 5.56 Å². The molecule has 0 bridgehead atoms. The maximum absolute atomic E-state index is 12.4. The first-order chi connectivity index (χ1) is 12.4. The molecule has 0 unspecified atom stereocenters. The van der Waals surface area contributed by atoms with E-state index in [4.69, 9.17) is 4.18 Å². The predicted molar refractivity (Wildman–Crippen MR) is 97.5 cm³/mol. The summed E-state index contributed by atoms with van der Waals surface area (Å²) < 4.78 is 29.8. The number of hydrogen-bond acceptors (Lipinski definition) is 5. The van der Waals surface area contributed by atoms with Crippen LogP contribution in [0.15, 0.2) is 77.7 Å². The number of aryl methyl sites for hydroxylation is 1. The molecule has 0 heterocycles. The maximum atomic E-state index is 12.4. The van der Waals surface area contributed by atoms with Gasteiger partial charge >= 0.3 is 15.8 Å². The van der Waals surface area contributed by atoms with Crippen LogP contribution < -0.4 is 4.18 Å². The fourth-order valence-electron chi connectivity index (χ4n) is 2.41. The highest BCUT2D eigenvalue weighted by Gasteiger charge is 2.24. The summed E-state index contributed by atoms with van der Waals surface area (Å²) in [5.41, 5.74) is 1.85. The second kappa shape index (κ2) is 6.97. The van der Waals surface area contributed by atoms with Crippen LogP contribution in [0, 0.1) is 17.0 Å². The molecule has 0 aliphatic rings. The SMILES string of the molecule is Cc1ccc(S(=O)(=O)Oc2ccc(-c3ccccc3)cc2[N+](=O)[O-])cc1. The van der Waals surface area contributed by atoms with Gasteiger partial charge in [-0.3, -0.25) is 10.1 Å². The Morgan fingerprint density at radius 1 is 0.885 bits per heavy atom. The van der Waals surface area contributed by atoms with Gasteiger partial charge in [-0.25, -0.2) is 0 Å². The van der Waals surface area contributed by atoms with Crippen molar-refractivity contribution in [1.29, 1.82) is 0 Å². The quantitative estimate of drug-likeness (QED) is 0.379. The molecule has 0 aliphatic carbocycles. The molecule has 0 saturated heterocycles. The van der Waals surface area contributed by atoms with Gasteiger partial charge in [0.15, 0.2) is 0 Å². The summed E-state index contributed by atoms with van der Waals surface area (Å²) in [6.45, 7) is 1.82. The van der Waals surface area contributed by atoms with E-state index < -0.39 is 20.7 Å². The maximum Gasteiger partial charge on any atom is 0.339 e. The van der Waals surface area contributed by atoms with E-state index in [1.165, 1.54) is 24.3 Å². The molecular formula is C19H15NO5S. The third-order valence-electron chi connectivity index (χ3n) is 3.77. The van der Waals surface area contributed by atoms with Gasteiger partial charge in [-0.05, 0) is 36.2 Å². The first kappa shape index (κ1) is 17.6. The van der Waals surface area contributed by atoms with Crippen LogP contribution >= 0.6 is 0 Å². The summed E-state index contributed by atoms with van der Waals surface area (Å²) in [5.74, 6) is -0.324. The number of nitro benzene ring substituents is 1. The largest absolute Gasteiger partial charge is 0.372 e. The number of hydrogen-bond donors (Lipinski definition) is 0. The van der Waals surface area contributed by atoms with Crippen LogP contribution in [0.5, 0.6) is 5.75 Å². The Balaban J connectivity index is 2.00. The van der Waals surface area contributed by atoms with Crippen LogP contribution in [0.4, 0.5) is 5.69 Å². The number of nitrogens with zero attached hydrogens (tertiary/aromatic N) is 1. The van der Waals surface area contributed by atoms with Gasteiger partial charge in [-0.1, -0.05) is 54.1 Å². The Kier molecular flexibility index (Phi) is 4.73. The zero-order valence-electron chi connectivity index (χ0n) is 13.8. The van der Waals surface area contributed by atoms with E-state index in [1.807, 2.05) is 37.3 Å². The lowest BCUT2D eigenvalue weighted by atomic mass is 10.1. The predicted octanol–water partition coefficient (Wildman–Crippen LogP) is 4.34. The van der Waals surface area contributed by atoms with Crippen molar-refractivity contribution in [2.75, 3.05) is 0 Å². The summed E-state index contributed by atoms with van der Waals surface area (Å²) >= 11 is 0. The molecule has 3 aromatic carbocycles. The van der Waals surface area contributed by atoms with Gasteiger partial charge in [-0.15, -0.1) is 0 Å². The monoisotopic (exact) mass is 369 g/mol. The van der Waals surface area contributed by atoms with Crippen molar-refractivity contribution in [3.05, 3.63) is 88.5 Å². The van der Waals surface area contributed by atoms with Crippen LogP contribution in [0.2, 0.25) is 0 Å². The Bertz CT molecular complexity index is 1050. The third kappa shape index (κ3) is 3.73. The lowest BCUT2D eigenvalue weighted by molar-refractivity contribution is -0.385. The molecular weight excluding hydrogens is 354 g/mol. The fraction of sp³-hybridized carbons (Fsp3) is 0.0526. The van der Waals surface area contributed by atoms with Crippen molar-refractivity contribution in [2.45, 2.75) is 11.8 Å². The molecule has 132 valence electrons. The molecule has 0 N–H and O–H groups in total. The second-order valence-corrected chi connectivity index (χ2v) is 7.20. The van der Waals surface area contributed by atoms with Gasteiger partial charge in [0, 0.05) is 6.07 Å². The van der Waals surface area contributed by atoms with E-state index in [0.29, 0.717) is 5.56 Å². The van der Waals surface area contributed by atoms with Gasteiger partial charge in [0.25, 0.3) is 0 Å². The average Bonchev–Trinajstić information content (AvgIpc) is 2.62. The van der Waals surface area contributed by atoms with Crippen LogP contribution in [0.25, 0.3) is 11.1 Å². The molecule has 0 atom stereocenters. The smallest absolute Gasteiger partial charge is 0.339 e. The molecule has 0 aromatic heterocycles. The minimum atomic E-state index is -4.17. The Labute approximate surface area is 151 Å². The average molecular weight is 369 g/mol. The van der Waals surface area contributed by atoms with Gasteiger partial charge in [0.1, 0.15) is 4.90 Å². The van der Waals surface area contributed by atoms with Gasteiger partial charge in [0.2, 0.25) is 5.75 Å². The zero-order chi connectivity index (χ0) is 18.7. The zero-order valence-corrected chi connectivity index (χ0v) is 14.6. The molecule has 0 fully saturated rings. The normalized spacial score (nSPS) is 11.1. The lowest BCUT2D eigenvalue weighted by Crippen LogP contribution is -2.11. The third-order valence-corrected chi connectivity index (χ3v) is 5.02. The van der Waals surface area contributed by atoms with Crippen molar-refractivity contribution in [3.63, 3.8) is 0 Å². The van der Waals surface area contributed by atoms with Gasteiger partial charge in [-0.2, -0.15) is 8.42 Å². The number of benzene rings is 3. The van der Waals surface area contributed by atoms with Crippen LogP contribution in [-0.4, -0.2) is 13.3 Å². The Morgan fingerprint density at radius 2 is 1.54 bits per heavy atom. The minimum Gasteiger partial charge on any atom is -0.372 e. The minimum absolute atomic E-state index is 0.0652. The molecule has 7 heteroatoms. The first-order valence-electron chi connectivity index (χ1n) is 7.72. The molecule has 0 spiro atoms. The van der Waals surface area contributed by atoms with Gasteiger partial charge in [0.05, 0.1) is 4.92 Å². The molecule has 6 nitrogen and oxygen atoms in total. The van der Waals surface area contributed by atoms with Crippen LogP contribution in [-0.2, 0) is 10.1 Å². The van der Waals surface area contributed by atoms with E-state index in [1.54, 1.807) is 18.2 Å². The van der Waals surface area contributed by atoms with E-state index in [0.717, 1.165) is 11.1 Å². The second-order valence-electron chi connectivity index (χ2n) is 5.66. The Hall–Kier alpha value is -3.19. The lowest BCUT2D eigenvalue weighted by Gasteiger charge is -2.09. The first-order valence-corrected chi connectivity index (χ1v) is 9.13. The summed E-state index contributed by atoms with van der Waals surface area (Å²) in [7, 11) is -4.17. The highest BCUT2D eigenvalue weighted by Crippen LogP contribution is 2.34. The summed E-state index contributed by atoms with van der Waals surface area (Å²) in [6, 6.07) is 19.3. The molecule has 3 rings (SSSR count).